The fourth-order valence-electron chi connectivity index (χ4n) is 2.74. The van der Waals surface area contributed by atoms with E-state index in [0.29, 0.717) is 16.5 Å². The molecule has 1 fully saturated rings. The number of thioether (sulfide) groups is 1. The van der Waals surface area contributed by atoms with Gasteiger partial charge in [0.05, 0.1) is 10.8 Å². The number of carboxylic acid groups (broad SMARTS) is 1. The molecule has 2 heterocycles. The van der Waals surface area contributed by atoms with Gasteiger partial charge in [0, 0.05) is 11.4 Å². The van der Waals surface area contributed by atoms with Gasteiger partial charge in [-0.05, 0) is 37.6 Å². The molecule has 26 heavy (non-hydrogen) atoms. The molecule has 1 aliphatic heterocycles. The summed E-state index contributed by atoms with van der Waals surface area (Å²) in [5, 5.41) is 11.9. The first-order valence-corrected chi connectivity index (χ1v) is 9.94. The van der Waals surface area contributed by atoms with Crippen LogP contribution in [0.3, 0.4) is 0 Å². The maximum Gasteiger partial charge on any atom is 0.345 e. The number of carboxylic acids is 1. The van der Waals surface area contributed by atoms with E-state index in [4.69, 9.17) is 5.11 Å². The van der Waals surface area contributed by atoms with E-state index in [2.05, 4.69) is 5.32 Å². The summed E-state index contributed by atoms with van der Waals surface area (Å²) in [6.45, 7) is 3.91. The predicted octanol–water partition coefficient (Wildman–Crippen LogP) is 3.22. The highest BCUT2D eigenvalue weighted by molar-refractivity contribution is 7.99. The van der Waals surface area contributed by atoms with Gasteiger partial charge in [-0.1, -0.05) is 17.7 Å². The minimum atomic E-state index is -1.06. The molecule has 1 aromatic heterocycles. The van der Waals surface area contributed by atoms with Crippen molar-refractivity contribution in [1.82, 2.24) is 4.90 Å². The average molecular weight is 390 g/mol. The number of thiophene rings is 1. The lowest BCUT2D eigenvalue weighted by Gasteiger charge is -2.23. The highest BCUT2D eigenvalue weighted by Crippen LogP contribution is 2.27. The summed E-state index contributed by atoms with van der Waals surface area (Å²) in [5.41, 5.74) is 2.81. The molecular weight excluding hydrogens is 372 g/mol. The van der Waals surface area contributed by atoms with Gasteiger partial charge in [-0.2, -0.15) is 0 Å². The van der Waals surface area contributed by atoms with E-state index in [9.17, 15) is 14.4 Å². The Hall–Kier alpha value is -2.32. The van der Waals surface area contributed by atoms with Gasteiger partial charge in [0.2, 0.25) is 5.91 Å². The van der Waals surface area contributed by atoms with Gasteiger partial charge in [0.25, 0.3) is 5.91 Å². The lowest BCUT2D eigenvalue weighted by molar-refractivity contribution is -0.119. The fourth-order valence-corrected chi connectivity index (χ4v) is 4.69. The van der Waals surface area contributed by atoms with Gasteiger partial charge in [-0.15, -0.1) is 23.1 Å². The van der Waals surface area contributed by atoms with Crippen LogP contribution in [0.2, 0.25) is 0 Å². The van der Waals surface area contributed by atoms with E-state index in [1.54, 1.807) is 0 Å². The molecule has 2 amide bonds. The molecule has 0 bridgehead atoms. The van der Waals surface area contributed by atoms with Crippen LogP contribution in [-0.4, -0.2) is 45.5 Å². The number of carbonyl (C=O) groups is 3. The van der Waals surface area contributed by atoms with Crippen molar-refractivity contribution in [2.24, 2.45) is 0 Å². The largest absolute Gasteiger partial charge is 0.477 e. The first-order valence-electron chi connectivity index (χ1n) is 7.97. The molecular formula is C18H18N2O4S2. The zero-order valence-corrected chi connectivity index (χ0v) is 15.9. The van der Waals surface area contributed by atoms with Crippen LogP contribution in [0.15, 0.2) is 30.3 Å². The molecule has 0 radical (unpaired) electrons. The predicted molar refractivity (Wildman–Crippen MR) is 103 cm³/mol. The van der Waals surface area contributed by atoms with E-state index < -0.39 is 12.0 Å². The third-order valence-corrected chi connectivity index (χ3v) is 6.19. The van der Waals surface area contributed by atoms with E-state index in [1.165, 1.54) is 28.8 Å². The van der Waals surface area contributed by atoms with E-state index in [1.807, 2.05) is 32.0 Å². The molecule has 8 heteroatoms. The topological polar surface area (TPSA) is 86.7 Å². The minimum absolute atomic E-state index is 0.108. The molecule has 3 rings (SSSR count). The molecule has 6 nitrogen and oxygen atoms in total. The third kappa shape index (κ3) is 3.76. The van der Waals surface area contributed by atoms with Gasteiger partial charge < -0.3 is 15.3 Å². The van der Waals surface area contributed by atoms with Crippen molar-refractivity contribution in [1.29, 1.82) is 0 Å². The van der Waals surface area contributed by atoms with Crippen molar-refractivity contribution < 1.29 is 19.5 Å². The number of aromatic carboxylic acids is 1. The first kappa shape index (κ1) is 18.5. The second-order valence-electron chi connectivity index (χ2n) is 6.07. The van der Waals surface area contributed by atoms with Gasteiger partial charge >= 0.3 is 5.97 Å². The highest BCUT2D eigenvalue weighted by atomic mass is 32.2. The summed E-state index contributed by atoms with van der Waals surface area (Å²) >= 11 is 2.43. The van der Waals surface area contributed by atoms with Crippen LogP contribution < -0.4 is 5.32 Å². The van der Waals surface area contributed by atoms with E-state index in [0.717, 1.165) is 28.2 Å². The van der Waals surface area contributed by atoms with Gasteiger partial charge in [-0.3, -0.25) is 9.59 Å². The summed E-state index contributed by atoms with van der Waals surface area (Å²) in [4.78, 5) is 38.4. The van der Waals surface area contributed by atoms with Crippen molar-refractivity contribution >= 4 is 46.6 Å². The summed E-state index contributed by atoms with van der Waals surface area (Å²) in [7, 11) is 0. The zero-order chi connectivity index (χ0) is 18.8. The summed E-state index contributed by atoms with van der Waals surface area (Å²) in [6.07, 6.45) is 0. The second-order valence-corrected chi connectivity index (χ2v) is 8.15. The number of nitrogens with zero attached hydrogens (tertiary/aromatic N) is 1. The molecule has 1 unspecified atom stereocenters. The number of hydrogen-bond acceptors (Lipinski definition) is 5. The van der Waals surface area contributed by atoms with Crippen molar-refractivity contribution in [2.45, 2.75) is 19.9 Å². The highest BCUT2D eigenvalue weighted by Gasteiger charge is 2.36. The molecule has 1 atom stereocenters. The van der Waals surface area contributed by atoms with Crippen molar-refractivity contribution in [2.75, 3.05) is 16.9 Å². The molecule has 0 saturated carbocycles. The van der Waals surface area contributed by atoms with Crippen LogP contribution in [0, 0.1) is 13.8 Å². The van der Waals surface area contributed by atoms with Crippen molar-refractivity contribution in [3.63, 3.8) is 0 Å². The van der Waals surface area contributed by atoms with Crippen LogP contribution in [0.5, 0.6) is 0 Å². The zero-order valence-electron chi connectivity index (χ0n) is 14.3. The number of hydrogen-bond donors (Lipinski definition) is 2. The van der Waals surface area contributed by atoms with Gasteiger partial charge in [0.15, 0.2) is 0 Å². The second kappa shape index (κ2) is 7.51. The Bertz CT molecular complexity index is 878. The summed E-state index contributed by atoms with van der Waals surface area (Å²) < 4.78 is 0. The lowest BCUT2D eigenvalue weighted by atomic mass is 10.1. The van der Waals surface area contributed by atoms with E-state index in [-0.39, 0.29) is 16.7 Å². The molecule has 0 spiro atoms. The van der Waals surface area contributed by atoms with Crippen molar-refractivity contribution in [3.05, 3.63) is 51.2 Å². The third-order valence-electron chi connectivity index (χ3n) is 4.11. The van der Waals surface area contributed by atoms with E-state index >= 15 is 0 Å². The number of amides is 2. The molecule has 1 aromatic carbocycles. The standard InChI is InChI=1S/C18H18N2O4S2/c1-10-3-4-12(11(2)7-10)19-16(21)13-8-25-9-20(13)17(22)14-5-6-15(26-14)18(23)24/h3-7,13H,8-9H2,1-2H3,(H,19,21)(H,23,24). The number of nitrogens with one attached hydrogen (secondary N) is 1. The molecule has 2 N–H and O–H groups in total. The maximum atomic E-state index is 12.7. The molecule has 0 aliphatic carbocycles. The number of aryl methyl sites for hydroxylation is 2. The van der Waals surface area contributed by atoms with Crippen LogP contribution in [0.1, 0.15) is 30.5 Å². The Balaban J connectivity index is 1.75. The summed E-state index contributed by atoms with van der Waals surface area (Å²) in [5.74, 6) is -0.684. The summed E-state index contributed by atoms with van der Waals surface area (Å²) in [6, 6.07) is 8.10. The Morgan fingerprint density at radius 3 is 2.54 bits per heavy atom. The molecule has 1 saturated heterocycles. The molecule has 1 aliphatic rings. The Morgan fingerprint density at radius 2 is 1.88 bits per heavy atom. The minimum Gasteiger partial charge on any atom is -0.477 e. The normalized spacial score (nSPS) is 16.5. The Morgan fingerprint density at radius 1 is 1.15 bits per heavy atom. The first-order chi connectivity index (χ1) is 12.4. The van der Waals surface area contributed by atoms with Crippen LogP contribution in [0.25, 0.3) is 0 Å². The number of anilines is 1. The van der Waals surface area contributed by atoms with Crippen LogP contribution >= 0.6 is 23.1 Å². The molecule has 136 valence electrons. The average Bonchev–Trinajstić information content (AvgIpc) is 3.26. The Labute approximate surface area is 159 Å². The maximum absolute atomic E-state index is 12.7. The SMILES string of the molecule is Cc1ccc(NC(=O)C2CSCN2C(=O)c2ccc(C(=O)O)s2)c(C)c1. The smallest absolute Gasteiger partial charge is 0.345 e. The number of carbonyl (C=O) groups excluding carboxylic acids is 2. The lowest BCUT2D eigenvalue weighted by Crippen LogP contribution is -2.44. The number of benzene rings is 1. The monoisotopic (exact) mass is 390 g/mol. The van der Waals surface area contributed by atoms with Crippen molar-refractivity contribution in [3.8, 4) is 0 Å². The van der Waals surface area contributed by atoms with Crippen LogP contribution in [0.4, 0.5) is 5.69 Å². The van der Waals surface area contributed by atoms with Crippen LogP contribution in [-0.2, 0) is 4.79 Å². The fraction of sp³-hybridized carbons (Fsp3) is 0.278. The number of rotatable bonds is 4. The quantitative estimate of drug-likeness (QED) is 0.837. The Kier molecular flexibility index (Phi) is 5.33. The molecule has 2 aromatic rings. The van der Waals surface area contributed by atoms with Gasteiger partial charge in [0.1, 0.15) is 10.9 Å². The van der Waals surface area contributed by atoms with Gasteiger partial charge in [-0.25, -0.2) is 4.79 Å².